The van der Waals surface area contributed by atoms with Gasteiger partial charge in [0, 0.05) is 32.2 Å². The fourth-order valence-corrected chi connectivity index (χ4v) is 4.21. The average molecular weight is 310 g/mol. The second-order valence-electron chi connectivity index (χ2n) is 7.22. The summed E-state index contributed by atoms with van der Waals surface area (Å²) < 4.78 is 5.79. The monoisotopic (exact) mass is 310 g/mol. The fourth-order valence-electron chi connectivity index (χ4n) is 4.21. The van der Waals surface area contributed by atoms with Gasteiger partial charge in [0.2, 0.25) is 0 Å². The zero-order valence-corrected chi connectivity index (χ0v) is 13.9. The zero-order chi connectivity index (χ0) is 15.6. The van der Waals surface area contributed by atoms with E-state index in [1.54, 1.807) is 0 Å². The lowest BCUT2D eigenvalue weighted by Gasteiger charge is -2.36. The number of aryl methyl sites for hydroxylation is 1. The van der Waals surface area contributed by atoms with Gasteiger partial charge in [0.05, 0.1) is 6.54 Å². The van der Waals surface area contributed by atoms with Crippen LogP contribution >= 0.6 is 0 Å². The highest BCUT2D eigenvalue weighted by molar-refractivity contribution is 5.15. The fraction of sp³-hybridized carbons (Fsp3) is 0.500. The maximum absolute atomic E-state index is 5.79. The number of hydrogen-bond donors (Lipinski definition) is 0. The minimum atomic E-state index is 0.685. The Morgan fingerprint density at radius 2 is 1.83 bits per heavy atom. The summed E-state index contributed by atoms with van der Waals surface area (Å²) in [6.45, 7) is 7.70. The number of furan rings is 1. The van der Waals surface area contributed by atoms with Gasteiger partial charge >= 0.3 is 0 Å². The van der Waals surface area contributed by atoms with E-state index in [1.807, 2.05) is 6.92 Å². The molecule has 0 N–H and O–H groups in total. The molecule has 3 nitrogen and oxygen atoms in total. The first kappa shape index (κ1) is 15.0. The molecule has 1 aromatic heterocycles. The molecule has 23 heavy (non-hydrogen) atoms. The molecule has 3 aliphatic rings. The number of rotatable bonds is 4. The molecule has 0 aliphatic carbocycles. The van der Waals surface area contributed by atoms with Crippen LogP contribution in [0.2, 0.25) is 0 Å². The van der Waals surface area contributed by atoms with Crippen molar-refractivity contribution in [3.8, 4) is 0 Å². The third-order valence-electron chi connectivity index (χ3n) is 5.31. The highest BCUT2D eigenvalue weighted by atomic mass is 16.3. The van der Waals surface area contributed by atoms with Crippen LogP contribution in [0.1, 0.15) is 29.9 Å². The summed E-state index contributed by atoms with van der Waals surface area (Å²) in [5, 5.41) is 0. The Labute approximate surface area is 138 Å². The van der Waals surface area contributed by atoms with Crippen LogP contribution in [0.15, 0.2) is 46.9 Å². The van der Waals surface area contributed by atoms with Crippen molar-refractivity contribution >= 4 is 0 Å². The molecular weight excluding hydrogens is 284 g/mol. The summed E-state index contributed by atoms with van der Waals surface area (Å²) in [4.78, 5) is 5.31. The summed E-state index contributed by atoms with van der Waals surface area (Å²) in [7, 11) is 0. The Bertz CT molecular complexity index is 636. The van der Waals surface area contributed by atoms with Crippen LogP contribution in [0.5, 0.6) is 0 Å². The van der Waals surface area contributed by atoms with E-state index in [4.69, 9.17) is 4.42 Å². The Kier molecular flexibility index (Phi) is 4.23. The molecule has 2 aromatic rings. The molecule has 0 amide bonds. The van der Waals surface area contributed by atoms with Crippen LogP contribution < -0.4 is 0 Å². The van der Waals surface area contributed by atoms with Gasteiger partial charge in [-0.15, -0.1) is 0 Å². The number of nitrogens with zero attached hydrogens (tertiary/aromatic N) is 2. The molecule has 0 spiro atoms. The van der Waals surface area contributed by atoms with Gasteiger partial charge in [0.25, 0.3) is 0 Å². The summed E-state index contributed by atoms with van der Waals surface area (Å²) in [5.41, 5.74) is 1.44. The molecule has 0 radical (unpaired) electrons. The number of fused-ring (bicyclic) bond motifs is 4. The quantitative estimate of drug-likeness (QED) is 0.859. The lowest BCUT2D eigenvalue weighted by molar-refractivity contribution is 0.122. The third kappa shape index (κ3) is 3.51. The first-order chi connectivity index (χ1) is 11.3. The molecule has 122 valence electrons. The van der Waals surface area contributed by atoms with E-state index < -0.39 is 0 Å². The van der Waals surface area contributed by atoms with Gasteiger partial charge in [-0.2, -0.15) is 0 Å². The van der Waals surface area contributed by atoms with Crippen LogP contribution in [0.4, 0.5) is 0 Å². The van der Waals surface area contributed by atoms with Crippen LogP contribution in [0.25, 0.3) is 0 Å². The van der Waals surface area contributed by atoms with Crippen molar-refractivity contribution in [3.63, 3.8) is 0 Å². The van der Waals surface area contributed by atoms with Crippen molar-refractivity contribution in [1.29, 1.82) is 0 Å². The average Bonchev–Trinajstić information content (AvgIpc) is 2.77. The number of piperidine rings is 1. The highest BCUT2D eigenvalue weighted by Crippen LogP contribution is 2.30. The highest BCUT2D eigenvalue weighted by Gasteiger charge is 2.34. The Morgan fingerprint density at radius 3 is 2.61 bits per heavy atom. The Hall–Kier alpha value is -1.58. The molecule has 0 unspecified atom stereocenters. The predicted molar refractivity (Wildman–Crippen MR) is 92.1 cm³/mol. The van der Waals surface area contributed by atoms with Gasteiger partial charge < -0.3 is 4.42 Å². The van der Waals surface area contributed by atoms with E-state index in [2.05, 4.69) is 52.3 Å². The van der Waals surface area contributed by atoms with E-state index in [0.29, 0.717) is 6.04 Å². The van der Waals surface area contributed by atoms with Crippen LogP contribution in [0.3, 0.4) is 0 Å². The molecule has 2 bridgehead atoms. The van der Waals surface area contributed by atoms with Gasteiger partial charge in [-0.25, -0.2) is 0 Å². The van der Waals surface area contributed by atoms with Gasteiger partial charge in [0.1, 0.15) is 11.5 Å². The lowest BCUT2D eigenvalue weighted by Crippen LogP contribution is -2.43. The minimum absolute atomic E-state index is 0.685. The van der Waals surface area contributed by atoms with Crippen molar-refractivity contribution < 1.29 is 4.42 Å². The minimum Gasteiger partial charge on any atom is -0.465 e. The van der Waals surface area contributed by atoms with Gasteiger partial charge in [-0.1, -0.05) is 30.3 Å². The van der Waals surface area contributed by atoms with Gasteiger partial charge in [-0.3, -0.25) is 9.80 Å². The van der Waals surface area contributed by atoms with E-state index in [1.165, 1.54) is 38.0 Å². The van der Waals surface area contributed by atoms with E-state index >= 15 is 0 Å². The largest absolute Gasteiger partial charge is 0.465 e. The van der Waals surface area contributed by atoms with Crippen LogP contribution in [-0.2, 0) is 13.1 Å². The predicted octanol–water partition coefficient (Wildman–Crippen LogP) is 3.68. The van der Waals surface area contributed by atoms with Gasteiger partial charge in [-0.05, 0) is 43.4 Å². The first-order valence-electron chi connectivity index (χ1n) is 8.82. The maximum atomic E-state index is 5.79. The SMILES string of the molecule is Cc1ccc(CN2C[C@H]3CC[C@@H](C2)N(Cc2ccccc2)C3)o1. The van der Waals surface area contributed by atoms with Crippen molar-refractivity contribution in [2.75, 3.05) is 19.6 Å². The van der Waals surface area contributed by atoms with Crippen LogP contribution in [-0.4, -0.2) is 35.5 Å². The first-order valence-corrected chi connectivity index (χ1v) is 8.82. The molecule has 1 aromatic carbocycles. The molecule has 4 heterocycles. The molecule has 5 rings (SSSR count). The molecule has 3 aliphatic heterocycles. The second kappa shape index (κ2) is 6.50. The topological polar surface area (TPSA) is 19.6 Å². The zero-order valence-electron chi connectivity index (χ0n) is 13.9. The smallest absolute Gasteiger partial charge is 0.118 e. The van der Waals surface area contributed by atoms with E-state index in [-0.39, 0.29) is 0 Å². The second-order valence-corrected chi connectivity index (χ2v) is 7.22. The molecule has 3 heteroatoms. The molecular formula is C20H26N2O. The summed E-state index contributed by atoms with van der Waals surface area (Å²) >= 11 is 0. The van der Waals surface area contributed by atoms with Crippen molar-refractivity contribution in [2.24, 2.45) is 5.92 Å². The molecule has 3 fully saturated rings. The standard InChI is InChI=1S/C20H26N2O/c1-16-7-10-20(23-16)15-21-11-18-8-9-19(14-21)22(13-18)12-17-5-3-2-4-6-17/h2-7,10,18-19H,8-9,11-15H2,1H3/t18-,19+/m1/s1. The van der Waals surface area contributed by atoms with Crippen molar-refractivity contribution in [3.05, 3.63) is 59.5 Å². The van der Waals surface area contributed by atoms with Gasteiger partial charge in [0.15, 0.2) is 0 Å². The summed E-state index contributed by atoms with van der Waals surface area (Å²) in [6.07, 6.45) is 2.72. The molecule has 2 atom stereocenters. The number of benzene rings is 1. The normalized spacial score (nSPS) is 25.6. The van der Waals surface area contributed by atoms with Crippen LogP contribution in [0, 0.1) is 12.8 Å². The molecule has 0 saturated carbocycles. The third-order valence-corrected chi connectivity index (χ3v) is 5.31. The van der Waals surface area contributed by atoms with Crippen molar-refractivity contribution in [2.45, 2.75) is 38.9 Å². The number of hydrogen-bond acceptors (Lipinski definition) is 3. The maximum Gasteiger partial charge on any atom is 0.118 e. The van der Waals surface area contributed by atoms with E-state index in [9.17, 15) is 0 Å². The Morgan fingerprint density at radius 1 is 0.957 bits per heavy atom. The van der Waals surface area contributed by atoms with E-state index in [0.717, 1.165) is 30.5 Å². The molecule has 3 saturated heterocycles. The Balaban J connectivity index is 1.44. The van der Waals surface area contributed by atoms with Crippen molar-refractivity contribution in [1.82, 2.24) is 9.80 Å². The summed E-state index contributed by atoms with van der Waals surface area (Å²) in [6, 6.07) is 15.8. The lowest BCUT2D eigenvalue weighted by atomic mass is 9.94. The summed E-state index contributed by atoms with van der Waals surface area (Å²) in [5.74, 6) is 2.93.